The van der Waals surface area contributed by atoms with Gasteiger partial charge < -0.3 is 0 Å². The van der Waals surface area contributed by atoms with Crippen molar-refractivity contribution in [2.24, 2.45) is 0 Å². The molecule has 0 spiro atoms. The van der Waals surface area contributed by atoms with Gasteiger partial charge >= 0.3 is 135 Å². The number of hydrogen-bond donors (Lipinski definition) is 1. The predicted molar refractivity (Wildman–Crippen MR) is 146 cm³/mol. The predicted octanol–water partition coefficient (Wildman–Crippen LogP) is 8.17. The minimum absolute atomic E-state index is 0. The zero-order valence-electron chi connectivity index (χ0n) is 14.7. The monoisotopic (exact) mass is 544 g/mol. The Kier molecular flexibility index (Phi) is 40.1. The van der Waals surface area contributed by atoms with Gasteiger partial charge in [-0.05, 0) is 0 Å². The Bertz CT molecular complexity index is 377. The van der Waals surface area contributed by atoms with Gasteiger partial charge in [0.25, 0.3) is 0 Å². The summed E-state index contributed by atoms with van der Waals surface area (Å²) >= 11 is -2.85. The summed E-state index contributed by atoms with van der Waals surface area (Å²) in [5.74, 6) is 3.20. The summed E-state index contributed by atoms with van der Waals surface area (Å²) < 4.78 is 23.9. The first kappa shape index (κ1) is 57.0. The molecule has 0 bridgehead atoms. The van der Waals surface area contributed by atoms with Gasteiger partial charge in [-0.25, -0.2) is 0 Å². The molecule has 6 nitrogen and oxygen atoms in total. The Morgan fingerprint density at radius 1 is 0.793 bits per heavy atom. The molecule has 0 saturated heterocycles. The van der Waals surface area contributed by atoms with Gasteiger partial charge in [-0.1, -0.05) is 59.4 Å². The standard InChI is InChI=1S/C11H30GeO6Si3.8CH4/c1-12(2,16-19(4,5)6)17-20(7,8)18-21(9,15-3)10-11(13)14;;;;;;;;/h10H2,1-9H3,(H,13,14);8*1H4. The van der Waals surface area contributed by atoms with E-state index in [1.54, 1.807) is 6.55 Å². The van der Waals surface area contributed by atoms with E-state index in [1.165, 1.54) is 7.11 Å². The van der Waals surface area contributed by atoms with Crippen molar-refractivity contribution in [3.8, 4) is 0 Å². The second kappa shape index (κ2) is 20.4. The molecule has 0 aliphatic rings. The van der Waals surface area contributed by atoms with Crippen molar-refractivity contribution in [3.05, 3.63) is 0 Å². The van der Waals surface area contributed by atoms with Crippen molar-refractivity contribution in [1.82, 2.24) is 0 Å². The molecule has 1 N–H and O–H groups in total. The Labute approximate surface area is 193 Å². The maximum atomic E-state index is 11.0. The third-order valence-corrected chi connectivity index (χ3v) is 23.1. The van der Waals surface area contributed by atoms with Gasteiger partial charge in [0.1, 0.15) is 0 Å². The molecule has 0 rings (SSSR count). The number of carbonyl (C=O) groups is 1. The Morgan fingerprint density at radius 3 is 1.38 bits per heavy atom. The number of hydrogen-bond acceptors (Lipinski definition) is 5. The molecule has 0 radical (unpaired) electrons. The Balaban J connectivity index is -0.0000000714. The molecule has 0 aliphatic carbocycles. The molecular weight excluding hydrogens is 481 g/mol. The number of rotatable bonds is 9. The molecule has 0 aromatic heterocycles. The van der Waals surface area contributed by atoms with Crippen molar-refractivity contribution in [2.75, 3.05) is 7.11 Å². The van der Waals surface area contributed by atoms with Crippen LogP contribution in [-0.2, 0) is 20.2 Å². The molecule has 0 saturated carbocycles. The molecule has 190 valence electrons. The quantitative estimate of drug-likeness (QED) is 0.296. The Hall–Kier alpha value is 0.504. The molecule has 0 amide bonds. The van der Waals surface area contributed by atoms with E-state index in [1.807, 2.05) is 13.1 Å². The van der Waals surface area contributed by atoms with Crippen LogP contribution in [0.5, 0.6) is 0 Å². The van der Waals surface area contributed by atoms with Crippen molar-refractivity contribution in [2.45, 2.75) is 116 Å². The molecule has 0 aromatic carbocycles. The Morgan fingerprint density at radius 2 is 1.14 bits per heavy atom. The average molecular weight is 544 g/mol. The second-order valence-corrected chi connectivity index (χ2v) is 26.8. The minimum atomic E-state index is -2.85. The molecular formula is C19H62GeO6Si3. The summed E-state index contributed by atoms with van der Waals surface area (Å²) in [4.78, 5) is 11.0. The van der Waals surface area contributed by atoms with Crippen LogP contribution >= 0.6 is 0 Å². The van der Waals surface area contributed by atoms with Crippen LogP contribution in [0, 0.1) is 0 Å². The van der Waals surface area contributed by atoms with Crippen molar-refractivity contribution in [1.29, 1.82) is 0 Å². The van der Waals surface area contributed by atoms with Crippen LogP contribution in [0.4, 0.5) is 0 Å². The normalized spacial score (nSPS) is 12.0. The molecule has 1 atom stereocenters. The summed E-state index contributed by atoms with van der Waals surface area (Å²) in [6.07, 6.45) is 0. The third kappa shape index (κ3) is 28.5. The van der Waals surface area contributed by atoms with Crippen LogP contribution in [0.1, 0.15) is 59.4 Å². The molecule has 10 heteroatoms. The zero-order chi connectivity index (χ0) is 17.1. The first-order valence-electron chi connectivity index (χ1n) is 6.97. The van der Waals surface area contributed by atoms with Gasteiger partial charge in [0.05, 0.1) is 0 Å². The van der Waals surface area contributed by atoms with E-state index in [-0.39, 0.29) is 65.5 Å². The van der Waals surface area contributed by atoms with E-state index in [2.05, 4.69) is 31.2 Å². The van der Waals surface area contributed by atoms with Gasteiger partial charge in [-0.2, -0.15) is 0 Å². The third-order valence-electron chi connectivity index (χ3n) is 2.41. The SMILES string of the molecule is C.C.C.C.C.C.C.C.CO[Si](C)(CC(=O)O)O[Si](C)(C)[O][Ge]([CH3])([CH3])[O][Si](C)(C)C. The van der Waals surface area contributed by atoms with Gasteiger partial charge in [0.15, 0.2) is 0 Å². The van der Waals surface area contributed by atoms with Crippen LogP contribution < -0.4 is 0 Å². The van der Waals surface area contributed by atoms with Crippen LogP contribution in [0.3, 0.4) is 0 Å². The van der Waals surface area contributed by atoms with Gasteiger partial charge in [0, 0.05) is 0 Å². The first-order valence-corrected chi connectivity index (χ1v) is 21.6. The van der Waals surface area contributed by atoms with Gasteiger partial charge in [-0.15, -0.1) is 0 Å². The summed E-state index contributed by atoms with van der Waals surface area (Å²) in [6.45, 7) is 12.0. The summed E-state index contributed by atoms with van der Waals surface area (Å²) in [5, 5.41) is 9.00. The van der Waals surface area contributed by atoms with Gasteiger partial charge in [-0.3, -0.25) is 0 Å². The zero-order valence-corrected chi connectivity index (χ0v) is 19.8. The molecule has 29 heavy (non-hydrogen) atoms. The van der Waals surface area contributed by atoms with Crippen LogP contribution in [0.15, 0.2) is 0 Å². The second-order valence-electron chi connectivity index (χ2n) is 7.13. The van der Waals surface area contributed by atoms with Crippen LogP contribution in [0.25, 0.3) is 0 Å². The van der Waals surface area contributed by atoms with E-state index in [0.717, 1.165) is 0 Å². The fourth-order valence-electron chi connectivity index (χ4n) is 2.32. The summed E-state index contributed by atoms with van der Waals surface area (Å²) in [7, 11) is -5.43. The molecule has 0 heterocycles. The van der Waals surface area contributed by atoms with E-state index < -0.39 is 45.3 Å². The molecule has 0 aliphatic heterocycles. The van der Waals surface area contributed by atoms with Crippen LogP contribution in [-0.4, -0.2) is 57.6 Å². The fraction of sp³-hybridized carbons (Fsp3) is 0.947. The number of carboxylic acid groups (broad SMARTS) is 1. The summed E-state index contributed by atoms with van der Waals surface area (Å²) in [5.41, 5.74) is 0. The van der Waals surface area contributed by atoms with Gasteiger partial charge in [0.2, 0.25) is 0 Å². The topological polar surface area (TPSA) is 74.2 Å². The average Bonchev–Trinajstić information content (AvgIpc) is 2.07. The van der Waals surface area contributed by atoms with E-state index in [0.29, 0.717) is 0 Å². The molecule has 0 fully saturated rings. The fourth-order valence-corrected chi connectivity index (χ4v) is 29.1. The number of carboxylic acids is 1. The van der Waals surface area contributed by atoms with E-state index >= 15 is 0 Å². The van der Waals surface area contributed by atoms with Crippen LogP contribution in [0.2, 0.25) is 56.8 Å². The number of aliphatic carboxylic acids is 1. The molecule has 1 unspecified atom stereocenters. The van der Waals surface area contributed by atoms with Crippen molar-refractivity contribution in [3.63, 3.8) is 0 Å². The van der Waals surface area contributed by atoms with Crippen molar-refractivity contribution < 1.29 is 25.3 Å². The van der Waals surface area contributed by atoms with Crippen molar-refractivity contribution >= 4 is 45.3 Å². The summed E-state index contributed by atoms with van der Waals surface area (Å²) in [6, 6.07) is -0.0917. The van der Waals surface area contributed by atoms with E-state index in [9.17, 15) is 4.79 Å². The maximum absolute atomic E-state index is 11.0. The molecule has 0 aromatic rings. The first-order chi connectivity index (χ1) is 9.10. The van der Waals surface area contributed by atoms with E-state index in [4.69, 9.17) is 20.6 Å².